The summed E-state index contributed by atoms with van der Waals surface area (Å²) in [6.45, 7) is 9.42. The highest BCUT2D eigenvalue weighted by atomic mass is 16.5. The van der Waals surface area contributed by atoms with Crippen molar-refractivity contribution in [2.75, 3.05) is 40.9 Å². The first-order chi connectivity index (χ1) is 18.5. The first kappa shape index (κ1) is 28.2. The van der Waals surface area contributed by atoms with Crippen LogP contribution in [-0.4, -0.2) is 76.9 Å². The van der Waals surface area contributed by atoms with Crippen molar-refractivity contribution in [1.29, 1.82) is 0 Å². The number of rotatable bonds is 10. The lowest BCUT2D eigenvalue weighted by atomic mass is 9.96. The number of amides is 1. The van der Waals surface area contributed by atoms with Crippen LogP contribution in [0.3, 0.4) is 0 Å². The number of aromatic nitrogens is 2. The van der Waals surface area contributed by atoms with Crippen LogP contribution in [0.4, 0.5) is 0 Å². The number of hydrogen-bond donors (Lipinski definition) is 1. The summed E-state index contributed by atoms with van der Waals surface area (Å²) in [5.74, 6) is -0.105. The number of aliphatic hydroxyl groups is 1. The third kappa shape index (κ3) is 5.49. The fourth-order valence-electron chi connectivity index (χ4n) is 4.82. The Bertz CT molecular complexity index is 1420. The maximum Gasteiger partial charge on any atom is 0.295 e. The van der Waals surface area contributed by atoms with E-state index in [1.54, 1.807) is 19.2 Å². The summed E-state index contributed by atoms with van der Waals surface area (Å²) in [5.41, 5.74) is 3.22. The molecule has 1 aliphatic rings. The second-order valence-electron chi connectivity index (χ2n) is 10.7. The monoisotopic (exact) mass is 534 g/mol. The van der Waals surface area contributed by atoms with Crippen LogP contribution in [0.25, 0.3) is 11.4 Å². The molecule has 1 saturated heterocycles. The van der Waals surface area contributed by atoms with Gasteiger partial charge in [0.2, 0.25) is 0 Å². The van der Waals surface area contributed by atoms with E-state index in [4.69, 9.17) is 9.47 Å². The summed E-state index contributed by atoms with van der Waals surface area (Å²) in [6, 6.07) is 8.41. The van der Waals surface area contributed by atoms with Crippen molar-refractivity contribution in [3.8, 4) is 11.5 Å². The predicted molar refractivity (Wildman–Crippen MR) is 150 cm³/mol. The molecule has 0 radical (unpaired) electrons. The van der Waals surface area contributed by atoms with Crippen molar-refractivity contribution < 1.29 is 24.2 Å². The van der Waals surface area contributed by atoms with Crippen LogP contribution in [0.2, 0.25) is 0 Å². The first-order valence-corrected chi connectivity index (χ1v) is 13.2. The summed E-state index contributed by atoms with van der Waals surface area (Å²) < 4.78 is 13.5. The number of methoxy groups -OCH3 is 1. The SMILES string of the molecule is COc1cc(C2C(=C(O)c3nc4c(C)cccn4c3C)C(=O)C(=O)N2CCN(C)C)ccc1OCCC(C)C. The Morgan fingerprint density at radius 2 is 1.90 bits per heavy atom. The van der Waals surface area contributed by atoms with Crippen LogP contribution in [-0.2, 0) is 9.59 Å². The van der Waals surface area contributed by atoms with Crippen LogP contribution in [0.1, 0.15) is 48.8 Å². The summed E-state index contributed by atoms with van der Waals surface area (Å²) in [7, 11) is 5.36. The van der Waals surface area contributed by atoms with Crippen LogP contribution in [0.5, 0.6) is 11.5 Å². The van der Waals surface area contributed by atoms with E-state index >= 15 is 0 Å². The molecule has 1 aromatic carbocycles. The number of carbonyl (C=O) groups excluding carboxylic acids is 2. The molecule has 0 bridgehead atoms. The highest BCUT2D eigenvalue weighted by Gasteiger charge is 2.46. The molecule has 208 valence electrons. The number of imidazole rings is 1. The Balaban J connectivity index is 1.85. The van der Waals surface area contributed by atoms with Gasteiger partial charge in [0, 0.05) is 19.3 Å². The van der Waals surface area contributed by atoms with Gasteiger partial charge in [-0.3, -0.25) is 9.59 Å². The van der Waals surface area contributed by atoms with Crippen LogP contribution < -0.4 is 9.47 Å². The molecule has 1 aliphatic heterocycles. The average Bonchev–Trinajstić information content (AvgIpc) is 3.36. The molecule has 0 saturated carbocycles. The Morgan fingerprint density at radius 1 is 1.15 bits per heavy atom. The fraction of sp³-hybridized carbons (Fsp3) is 0.433. The number of carbonyl (C=O) groups is 2. The predicted octanol–water partition coefficient (Wildman–Crippen LogP) is 4.37. The normalized spacial score (nSPS) is 17.2. The quantitative estimate of drug-likeness (QED) is 0.234. The van der Waals surface area contributed by atoms with Gasteiger partial charge in [-0.1, -0.05) is 26.0 Å². The second-order valence-corrected chi connectivity index (χ2v) is 10.7. The van der Waals surface area contributed by atoms with Gasteiger partial charge in [-0.05, 0) is 69.6 Å². The van der Waals surface area contributed by atoms with Gasteiger partial charge in [0.05, 0.1) is 31.0 Å². The van der Waals surface area contributed by atoms with Crippen molar-refractivity contribution in [2.45, 2.75) is 40.2 Å². The van der Waals surface area contributed by atoms with E-state index < -0.39 is 17.7 Å². The van der Waals surface area contributed by atoms with Gasteiger partial charge in [0.15, 0.2) is 17.3 Å². The van der Waals surface area contributed by atoms with Crippen molar-refractivity contribution >= 4 is 23.1 Å². The fourth-order valence-corrected chi connectivity index (χ4v) is 4.82. The molecule has 9 heteroatoms. The molecule has 1 amide bonds. The van der Waals surface area contributed by atoms with Crippen LogP contribution in [0, 0.1) is 19.8 Å². The molecule has 1 atom stereocenters. The number of aryl methyl sites for hydroxylation is 2. The summed E-state index contributed by atoms with van der Waals surface area (Å²) in [4.78, 5) is 34.9. The Morgan fingerprint density at radius 3 is 2.54 bits per heavy atom. The first-order valence-electron chi connectivity index (χ1n) is 13.2. The van der Waals surface area contributed by atoms with Crippen LogP contribution in [0.15, 0.2) is 42.1 Å². The number of benzene rings is 1. The van der Waals surface area contributed by atoms with E-state index in [0.29, 0.717) is 54.0 Å². The van der Waals surface area contributed by atoms with Crippen molar-refractivity contribution in [1.82, 2.24) is 19.2 Å². The van der Waals surface area contributed by atoms with Gasteiger partial charge in [-0.15, -0.1) is 0 Å². The summed E-state index contributed by atoms with van der Waals surface area (Å²) in [6.07, 6.45) is 2.75. The van der Waals surface area contributed by atoms with Gasteiger partial charge in [-0.2, -0.15) is 0 Å². The molecule has 1 unspecified atom stereocenters. The number of likely N-dealkylation sites (tertiary alicyclic amines) is 1. The van der Waals surface area contributed by atoms with E-state index in [-0.39, 0.29) is 17.0 Å². The second kappa shape index (κ2) is 11.5. The van der Waals surface area contributed by atoms with Crippen molar-refractivity contribution in [3.05, 3.63) is 64.6 Å². The highest BCUT2D eigenvalue weighted by Crippen LogP contribution is 2.42. The van der Waals surface area contributed by atoms with Gasteiger partial charge in [-0.25, -0.2) is 4.98 Å². The lowest BCUT2D eigenvalue weighted by Gasteiger charge is -2.27. The zero-order valence-corrected chi connectivity index (χ0v) is 23.8. The molecule has 2 aromatic heterocycles. The molecular formula is C30H38N4O5. The largest absolute Gasteiger partial charge is 0.505 e. The number of ketones is 1. The number of ether oxygens (including phenoxy) is 2. The van der Waals surface area contributed by atoms with Gasteiger partial charge < -0.3 is 28.8 Å². The molecule has 39 heavy (non-hydrogen) atoms. The minimum Gasteiger partial charge on any atom is -0.505 e. The van der Waals surface area contributed by atoms with E-state index in [9.17, 15) is 14.7 Å². The van der Waals surface area contributed by atoms with Crippen molar-refractivity contribution in [3.63, 3.8) is 0 Å². The molecular weight excluding hydrogens is 496 g/mol. The molecule has 1 fully saturated rings. The molecule has 0 spiro atoms. The lowest BCUT2D eigenvalue weighted by Crippen LogP contribution is -2.35. The van der Waals surface area contributed by atoms with Gasteiger partial charge in [0.25, 0.3) is 11.7 Å². The third-order valence-corrected chi connectivity index (χ3v) is 7.09. The summed E-state index contributed by atoms with van der Waals surface area (Å²) >= 11 is 0. The number of aliphatic hydroxyl groups excluding tert-OH is 1. The van der Waals surface area contributed by atoms with E-state index in [1.165, 1.54) is 4.90 Å². The number of likely N-dealkylation sites (N-methyl/N-ethyl adjacent to an activating group) is 1. The minimum atomic E-state index is -0.811. The summed E-state index contributed by atoms with van der Waals surface area (Å²) in [5, 5.41) is 11.6. The van der Waals surface area contributed by atoms with E-state index in [2.05, 4.69) is 18.8 Å². The average molecular weight is 535 g/mol. The maximum atomic E-state index is 13.5. The van der Waals surface area contributed by atoms with E-state index in [0.717, 1.165) is 12.0 Å². The van der Waals surface area contributed by atoms with Gasteiger partial charge in [0.1, 0.15) is 11.3 Å². The molecule has 9 nitrogen and oxygen atoms in total. The van der Waals surface area contributed by atoms with Gasteiger partial charge >= 0.3 is 0 Å². The standard InChI is InChI=1S/C30H38N4O5/c1-18(2)12-16-39-22-11-10-21(17-23(22)38-7)26-24(28(36)30(37)34(26)15-14-32(5)6)27(35)25-20(4)33-13-8-9-19(3)29(33)31-25/h8-11,13,17-18,26,35H,12,14-16H2,1-7H3. The number of Topliss-reactive ketones (excluding diaryl/α,β-unsaturated/α-hetero) is 1. The number of nitrogens with zero attached hydrogens (tertiary/aromatic N) is 4. The number of fused-ring (bicyclic) bond motifs is 1. The Kier molecular flexibility index (Phi) is 8.30. The molecule has 3 heterocycles. The molecule has 0 aliphatic carbocycles. The third-order valence-electron chi connectivity index (χ3n) is 7.09. The molecule has 1 N–H and O–H groups in total. The number of pyridine rings is 1. The Labute approximate surface area is 229 Å². The van der Waals surface area contributed by atoms with Crippen LogP contribution >= 0.6 is 0 Å². The topological polar surface area (TPSA) is 96.6 Å². The minimum absolute atomic E-state index is 0.0124. The zero-order valence-electron chi connectivity index (χ0n) is 23.8. The van der Waals surface area contributed by atoms with E-state index in [1.807, 2.05) is 61.6 Å². The van der Waals surface area contributed by atoms with Crippen molar-refractivity contribution in [2.24, 2.45) is 5.92 Å². The molecule has 3 aromatic rings. The lowest BCUT2D eigenvalue weighted by molar-refractivity contribution is -0.140. The highest BCUT2D eigenvalue weighted by molar-refractivity contribution is 6.46. The smallest absolute Gasteiger partial charge is 0.295 e. The Hall–Kier alpha value is -3.85. The number of hydrogen-bond acceptors (Lipinski definition) is 7. The molecule has 4 rings (SSSR count). The zero-order chi connectivity index (χ0) is 28.4. The maximum absolute atomic E-state index is 13.5.